The van der Waals surface area contributed by atoms with Crippen molar-refractivity contribution in [1.29, 1.82) is 0 Å². The third-order valence-corrected chi connectivity index (χ3v) is 5.09. The largest absolute Gasteiger partial charge is 0.496 e. The van der Waals surface area contributed by atoms with Crippen LogP contribution in [0, 0.1) is 11.3 Å². The molecule has 1 N–H and O–H groups in total. The zero-order chi connectivity index (χ0) is 15.5. The summed E-state index contributed by atoms with van der Waals surface area (Å²) in [6.07, 6.45) is 5.97. The molecule has 2 nitrogen and oxygen atoms in total. The highest BCUT2D eigenvalue weighted by Gasteiger charge is 2.35. The van der Waals surface area contributed by atoms with Gasteiger partial charge in [0.15, 0.2) is 0 Å². The molecular formula is C19H30O2. The van der Waals surface area contributed by atoms with Crippen molar-refractivity contribution in [3.8, 4) is 5.75 Å². The van der Waals surface area contributed by atoms with Gasteiger partial charge < -0.3 is 9.84 Å². The summed E-state index contributed by atoms with van der Waals surface area (Å²) in [4.78, 5) is 0. The smallest absolute Gasteiger partial charge is 0.122 e. The second-order valence-corrected chi connectivity index (χ2v) is 7.71. The van der Waals surface area contributed by atoms with Crippen molar-refractivity contribution in [2.24, 2.45) is 11.3 Å². The first-order valence-corrected chi connectivity index (χ1v) is 8.18. The lowest BCUT2D eigenvalue weighted by Gasteiger charge is -2.31. The number of rotatable bonds is 3. The Bertz CT molecular complexity index is 461. The molecule has 118 valence electrons. The zero-order valence-corrected chi connectivity index (χ0v) is 14.0. The van der Waals surface area contributed by atoms with E-state index in [1.165, 1.54) is 6.42 Å². The van der Waals surface area contributed by atoms with Crippen molar-refractivity contribution in [2.75, 3.05) is 7.11 Å². The van der Waals surface area contributed by atoms with Gasteiger partial charge in [0.2, 0.25) is 0 Å². The minimum atomic E-state index is -0.575. The molecule has 0 spiro atoms. The number of benzene rings is 1. The fourth-order valence-corrected chi connectivity index (χ4v) is 3.64. The maximum Gasteiger partial charge on any atom is 0.122 e. The lowest BCUT2D eigenvalue weighted by atomic mass is 9.76. The fraction of sp³-hybridized carbons (Fsp3) is 0.684. The summed E-state index contributed by atoms with van der Waals surface area (Å²) in [7, 11) is 1.70. The molecule has 1 aliphatic rings. The van der Waals surface area contributed by atoms with E-state index >= 15 is 0 Å². The average molecular weight is 290 g/mol. The van der Waals surface area contributed by atoms with Crippen LogP contribution in [0.4, 0.5) is 0 Å². The number of aliphatic hydroxyl groups is 1. The van der Waals surface area contributed by atoms with Crippen LogP contribution >= 0.6 is 0 Å². The van der Waals surface area contributed by atoms with E-state index in [0.717, 1.165) is 37.0 Å². The van der Waals surface area contributed by atoms with Gasteiger partial charge in [-0.25, -0.2) is 0 Å². The van der Waals surface area contributed by atoms with E-state index in [1.54, 1.807) is 7.11 Å². The van der Waals surface area contributed by atoms with Crippen molar-refractivity contribution in [3.05, 3.63) is 29.8 Å². The molecule has 0 bridgehead atoms. The van der Waals surface area contributed by atoms with Gasteiger partial charge in [0.25, 0.3) is 0 Å². The van der Waals surface area contributed by atoms with Crippen molar-refractivity contribution in [2.45, 2.75) is 64.9 Å². The third-order valence-electron chi connectivity index (χ3n) is 5.09. The molecule has 0 saturated heterocycles. The van der Waals surface area contributed by atoms with Crippen LogP contribution in [0.25, 0.3) is 0 Å². The molecule has 2 unspecified atom stereocenters. The summed E-state index contributed by atoms with van der Waals surface area (Å²) in [5.74, 6) is 1.60. The normalized spacial score (nSPS) is 27.2. The lowest BCUT2D eigenvalue weighted by Crippen LogP contribution is -2.31. The van der Waals surface area contributed by atoms with Crippen molar-refractivity contribution in [3.63, 3.8) is 0 Å². The molecule has 2 atom stereocenters. The first-order valence-electron chi connectivity index (χ1n) is 8.18. The van der Waals surface area contributed by atoms with Crippen LogP contribution in [0.3, 0.4) is 0 Å². The Balaban J connectivity index is 2.09. The summed E-state index contributed by atoms with van der Waals surface area (Å²) in [6.45, 7) is 6.97. The average Bonchev–Trinajstić information content (AvgIpc) is 2.61. The number of para-hydroxylation sites is 1. The molecule has 0 amide bonds. The Morgan fingerprint density at radius 2 is 1.90 bits per heavy atom. The van der Waals surface area contributed by atoms with E-state index in [-0.39, 0.29) is 0 Å². The van der Waals surface area contributed by atoms with Crippen LogP contribution in [0.15, 0.2) is 24.3 Å². The van der Waals surface area contributed by atoms with Crippen LogP contribution in [0.2, 0.25) is 0 Å². The number of hydrogen-bond acceptors (Lipinski definition) is 2. The molecule has 0 radical (unpaired) electrons. The Morgan fingerprint density at radius 3 is 2.57 bits per heavy atom. The van der Waals surface area contributed by atoms with Crippen molar-refractivity contribution < 1.29 is 9.84 Å². The Hall–Kier alpha value is -1.02. The minimum Gasteiger partial charge on any atom is -0.496 e. The van der Waals surface area contributed by atoms with Gasteiger partial charge in [-0.05, 0) is 48.6 Å². The molecule has 0 aromatic heterocycles. The summed E-state index contributed by atoms with van der Waals surface area (Å²) in [5, 5.41) is 11.1. The van der Waals surface area contributed by atoms with E-state index in [1.807, 2.05) is 18.2 Å². The van der Waals surface area contributed by atoms with Crippen LogP contribution in [-0.4, -0.2) is 17.8 Å². The zero-order valence-electron chi connectivity index (χ0n) is 14.0. The molecular weight excluding hydrogens is 260 g/mol. The molecule has 1 fully saturated rings. The molecule has 1 aliphatic carbocycles. The van der Waals surface area contributed by atoms with Crippen LogP contribution < -0.4 is 4.74 Å². The highest BCUT2D eigenvalue weighted by atomic mass is 16.5. The summed E-state index contributed by atoms with van der Waals surface area (Å²) in [6, 6.07) is 8.06. The molecule has 2 heteroatoms. The van der Waals surface area contributed by atoms with E-state index in [9.17, 15) is 5.11 Å². The number of ether oxygens (including phenoxy) is 1. The molecule has 0 heterocycles. The Kier molecular flexibility index (Phi) is 4.98. The van der Waals surface area contributed by atoms with E-state index in [2.05, 4.69) is 26.8 Å². The van der Waals surface area contributed by atoms with Gasteiger partial charge in [-0.2, -0.15) is 0 Å². The molecule has 0 aliphatic heterocycles. The number of methoxy groups -OCH3 is 1. The van der Waals surface area contributed by atoms with Crippen LogP contribution in [-0.2, 0) is 6.42 Å². The van der Waals surface area contributed by atoms with Crippen LogP contribution in [0.5, 0.6) is 5.75 Å². The third kappa shape index (κ3) is 4.23. The maximum absolute atomic E-state index is 11.1. The highest BCUT2D eigenvalue weighted by molar-refractivity contribution is 5.34. The maximum atomic E-state index is 11.1. The van der Waals surface area contributed by atoms with E-state index in [0.29, 0.717) is 17.8 Å². The van der Waals surface area contributed by atoms with E-state index < -0.39 is 5.60 Å². The van der Waals surface area contributed by atoms with E-state index in [4.69, 9.17) is 4.74 Å². The lowest BCUT2D eigenvalue weighted by molar-refractivity contribution is 0.0220. The minimum absolute atomic E-state index is 0.343. The highest BCUT2D eigenvalue weighted by Crippen LogP contribution is 2.41. The quantitative estimate of drug-likeness (QED) is 0.825. The second-order valence-electron chi connectivity index (χ2n) is 7.71. The molecule has 21 heavy (non-hydrogen) atoms. The Morgan fingerprint density at radius 1 is 1.19 bits per heavy atom. The van der Waals surface area contributed by atoms with Gasteiger partial charge in [0.05, 0.1) is 12.7 Å². The van der Waals surface area contributed by atoms with Crippen molar-refractivity contribution >= 4 is 0 Å². The molecule has 1 aromatic rings. The van der Waals surface area contributed by atoms with Gasteiger partial charge in [-0.15, -0.1) is 0 Å². The predicted molar refractivity (Wildman–Crippen MR) is 87.7 cm³/mol. The monoisotopic (exact) mass is 290 g/mol. The summed E-state index contributed by atoms with van der Waals surface area (Å²) in [5.41, 5.74) is 0.890. The second kappa shape index (κ2) is 6.39. The van der Waals surface area contributed by atoms with Gasteiger partial charge in [0, 0.05) is 6.42 Å². The summed E-state index contributed by atoms with van der Waals surface area (Å²) >= 11 is 0. The fourth-order valence-electron chi connectivity index (χ4n) is 3.64. The predicted octanol–water partition coefficient (Wildman–Crippen LogP) is 4.60. The first-order chi connectivity index (χ1) is 9.84. The number of hydrogen-bond donors (Lipinski definition) is 1. The first kappa shape index (κ1) is 16.4. The molecule has 1 aromatic carbocycles. The Labute approximate surface area is 129 Å². The summed E-state index contributed by atoms with van der Waals surface area (Å²) < 4.78 is 5.43. The SMILES string of the molecule is COc1ccccc1CC1(O)CCCC(C(C)(C)C)CC1. The standard InChI is InChI=1S/C19H30O2/c1-18(2,3)16-9-7-12-19(20,13-11-16)14-15-8-5-6-10-17(15)21-4/h5-6,8,10,16,20H,7,9,11-14H2,1-4H3. The molecule has 1 saturated carbocycles. The van der Waals surface area contributed by atoms with Crippen LogP contribution in [0.1, 0.15) is 58.4 Å². The van der Waals surface area contributed by atoms with Crippen molar-refractivity contribution in [1.82, 2.24) is 0 Å². The van der Waals surface area contributed by atoms with Gasteiger partial charge in [-0.3, -0.25) is 0 Å². The molecule has 2 rings (SSSR count). The van der Waals surface area contributed by atoms with Gasteiger partial charge in [0.1, 0.15) is 5.75 Å². The topological polar surface area (TPSA) is 29.5 Å². The van der Waals surface area contributed by atoms with Gasteiger partial charge in [-0.1, -0.05) is 45.4 Å². The van der Waals surface area contributed by atoms with Gasteiger partial charge >= 0.3 is 0 Å².